The van der Waals surface area contributed by atoms with Crippen LogP contribution in [0.2, 0.25) is 0 Å². The molecule has 0 atom stereocenters. The lowest BCUT2D eigenvalue weighted by atomic mass is 10.1. The van der Waals surface area contributed by atoms with Crippen LogP contribution in [-0.2, 0) is 0 Å². The number of rotatable bonds is 3. The Bertz CT molecular complexity index is 684. The van der Waals surface area contributed by atoms with Crippen LogP contribution in [0.1, 0.15) is 42.3 Å². The first-order chi connectivity index (χ1) is 10.3. The van der Waals surface area contributed by atoms with Crippen molar-refractivity contribution in [2.75, 3.05) is 5.32 Å². The fraction of sp³-hybridized carbons (Fsp3) is 0.316. The largest absolute Gasteiger partial charge is 0.355 e. The highest BCUT2D eigenvalue weighted by atomic mass is 16.1. The van der Waals surface area contributed by atoms with Crippen molar-refractivity contribution in [1.82, 2.24) is 5.32 Å². The summed E-state index contributed by atoms with van der Waals surface area (Å²) in [5.74, 6) is -0.0691. The van der Waals surface area contributed by atoms with Gasteiger partial charge in [-0.3, -0.25) is 4.79 Å². The number of hydrogen-bond acceptors (Lipinski definition) is 2. The van der Waals surface area contributed by atoms with Gasteiger partial charge in [-0.25, -0.2) is 0 Å². The third kappa shape index (κ3) is 4.10. The van der Waals surface area contributed by atoms with Crippen LogP contribution in [0, 0.1) is 13.8 Å². The van der Waals surface area contributed by atoms with Crippen molar-refractivity contribution in [3.63, 3.8) is 0 Å². The number of carbonyl (C=O) groups excluding carboxylic acids is 1. The molecule has 0 heterocycles. The van der Waals surface area contributed by atoms with Crippen LogP contribution in [0.4, 0.5) is 11.4 Å². The predicted molar refractivity (Wildman–Crippen MR) is 92.9 cm³/mol. The van der Waals surface area contributed by atoms with Crippen molar-refractivity contribution in [3.8, 4) is 0 Å². The number of para-hydroxylation sites is 1. The molecule has 0 aliphatic carbocycles. The van der Waals surface area contributed by atoms with Crippen LogP contribution in [0.15, 0.2) is 42.5 Å². The van der Waals surface area contributed by atoms with E-state index in [2.05, 4.69) is 36.6 Å². The fourth-order valence-electron chi connectivity index (χ4n) is 2.30. The predicted octanol–water partition coefficient (Wildman–Crippen LogP) is 4.58. The second-order valence-electron chi connectivity index (χ2n) is 6.69. The maximum atomic E-state index is 12.5. The third-order valence-electron chi connectivity index (χ3n) is 3.31. The standard InChI is InChI=1S/C19H24N2O/c1-13-10-11-16(14(2)12-13)20-17-9-7-6-8-15(17)18(22)21-19(3,4)5/h6-12,20H,1-5H3,(H,21,22). The summed E-state index contributed by atoms with van der Waals surface area (Å²) in [5, 5.41) is 6.38. The highest BCUT2D eigenvalue weighted by molar-refractivity contribution is 6.00. The van der Waals surface area contributed by atoms with Gasteiger partial charge in [-0.15, -0.1) is 0 Å². The number of hydrogen-bond donors (Lipinski definition) is 2. The van der Waals surface area contributed by atoms with Gasteiger partial charge in [-0.1, -0.05) is 29.8 Å². The first-order valence-electron chi connectivity index (χ1n) is 7.52. The fourth-order valence-corrected chi connectivity index (χ4v) is 2.30. The summed E-state index contributed by atoms with van der Waals surface area (Å²) >= 11 is 0. The number of benzene rings is 2. The van der Waals surface area contributed by atoms with E-state index in [0.717, 1.165) is 16.9 Å². The maximum absolute atomic E-state index is 12.5. The molecule has 2 aromatic carbocycles. The smallest absolute Gasteiger partial charge is 0.253 e. The quantitative estimate of drug-likeness (QED) is 0.870. The maximum Gasteiger partial charge on any atom is 0.253 e. The minimum atomic E-state index is -0.260. The first kappa shape index (κ1) is 16.1. The summed E-state index contributed by atoms with van der Waals surface area (Å²) < 4.78 is 0. The SMILES string of the molecule is Cc1ccc(Nc2ccccc2C(=O)NC(C)(C)C)c(C)c1. The second kappa shape index (κ2) is 6.22. The van der Waals surface area contributed by atoms with Gasteiger partial charge in [0.2, 0.25) is 0 Å². The van der Waals surface area contributed by atoms with Gasteiger partial charge < -0.3 is 10.6 Å². The Morgan fingerprint density at radius 2 is 1.64 bits per heavy atom. The van der Waals surface area contributed by atoms with E-state index in [9.17, 15) is 4.79 Å². The van der Waals surface area contributed by atoms with E-state index in [1.807, 2.05) is 51.1 Å². The van der Waals surface area contributed by atoms with E-state index >= 15 is 0 Å². The van der Waals surface area contributed by atoms with Gasteiger partial charge in [0.15, 0.2) is 0 Å². The molecule has 1 amide bonds. The van der Waals surface area contributed by atoms with E-state index in [1.165, 1.54) is 5.56 Å². The van der Waals surface area contributed by atoms with Crippen LogP contribution in [0.3, 0.4) is 0 Å². The van der Waals surface area contributed by atoms with Crippen LogP contribution in [-0.4, -0.2) is 11.4 Å². The van der Waals surface area contributed by atoms with E-state index < -0.39 is 0 Å². The highest BCUT2D eigenvalue weighted by Gasteiger charge is 2.17. The number of anilines is 2. The van der Waals surface area contributed by atoms with E-state index in [-0.39, 0.29) is 11.4 Å². The Morgan fingerprint density at radius 1 is 0.955 bits per heavy atom. The van der Waals surface area contributed by atoms with Crippen molar-refractivity contribution in [2.24, 2.45) is 0 Å². The first-order valence-corrected chi connectivity index (χ1v) is 7.52. The molecular formula is C19H24N2O. The summed E-state index contributed by atoms with van der Waals surface area (Å²) in [5.41, 5.74) is 4.60. The zero-order chi connectivity index (χ0) is 16.3. The molecule has 0 saturated heterocycles. The van der Waals surface area contributed by atoms with Crippen molar-refractivity contribution in [2.45, 2.75) is 40.2 Å². The zero-order valence-electron chi connectivity index (χ0n) is 13.9. The molecule has 0 aliphatic heterocycles. The van der Waals surface area contributed by atoms with Crippen LogP contribution in [0.25, 0.3) is 0 Å². The summed E-state index contributed by atoms with van der Waals surface area (Å²) in [7, 11) is 0. The average Bonchev–Trinajstić information content (AvgIpc) is 2.40. The molecule has 0 aromatic heterocycles. The minimum Gasteiger partial charge on any atom is -0.355 e. The third-order valence-corrected chi connectivity index (χ3v) is 3.31. The Balaban J connectivity index is 2.30. The minimum absolute atomic E-state index is 0.0691. The molecule has 0 bridgehead atoms. The van der Waals surface area contributed by atoms with Crippen LogP contribution in [0.5, 0.6) is 0 Å². The Labute approximate surface area is 132 Å². The van der Waals surface area contributed by atoms with Gasteiger partial charge in [0.05, 0.1) is 11.3 Å². The lowest BCUT2D eigenvalue weighted by Crippen LogP contribution is -2.40. The number of amides is 1. The van der Waals surface area contributed by atoms with Crippen molar-refractivity contribution in [1.29, 1.82) is 0 Å². The molecule has 116 valence electrons. The van der Waals surface area contributed by atoms with Crippen molar-refractivity contribution < 1.29 is 4.79 Å². The van der Waals surface area contributed by atoms with Crippen LogP contribution >= 0.6 is 0 Å². The van der Waals surface area contributed by atoms with E-state index in [4.69, 9.17) is 0 Å². The topological polar surface area (TPSA) is 41.1 Å². The molecule has 0 radical (unpaired) electrons. The van der Waals surface area contributed by atoms with Gasteiger partial charge in [0, 0.05) is 11.2 Å². The molecule has 0 fully saturated rings. The molecule has 2 rings (SSSR count). The molecule has 3 nitrogen and oxygen atoms in total. The zero-order valence-corrected chi connectivity index (χ0v) is 13.9. The number of carbonyl (C=O) groups is 1. The molecular weight excluding hydrogens is 272 g/mol. The number of nitrogens with one attached hydrogen (secondary N) is 2. The van der Waals surface area contributed by atoms with Gasteiger partial charge >= 0.3 is 0 Å². The molecule has 3 heteroatoms. The van der Waals surface area contributed by atoms with E-state index in [1.54, 1.807) is 0 Å². The highest BCUT2D eigenvalue weighted by Crippen LogP contribution is 2.24. The Hall–Kier alpha value is -2.29. The number of aryl methyl sites for hydroxylation is 2. The van der Waals surface area contributed by atoms with Crippen molar-refractivity contribution >= 4 is 17.3 Å². The van der Waals surface area contributed by atoms with Gasteiger partial charge in [-0.2, -0.15) is 0 Å². The summed E-state index contributed by atoms with van der Waals surface area (Å²) in [6, 6.07) is 13.8. The van der Waals surface area contributed by atoms with Gasteiger partial charge in [0.1, 0.15) is 0 Å². The molecule has 0 aliphatic rings. The average molecular weight is 296 g/mol. The summed E-state index contributed by atoms with van der Waals surface area (Å²) in [6.07, 6.45) is 0. The van der Waals surface area contributed by atoms with E-state index in [0.29, 0.717) is 5.56 Å². The monoisotopic (exact) mass is 296 g/mol. The lowest BCUT2D eigenvalue weighted by Gasteiger charge is -2.22. The molecule has 2 aromatic rings. The molecule has 0 unspecified atom stereocenters. The van der Waals surface area contributed by atoms with Crippen molar-refractivity contribution in [3.05, 3.63) is 59.2 Å². The van der Waals surface area contributed by atoms with Gasteiger partial charge in [0.25, 0.3) is 5.91 Å². The second-order valence-corrected chi connectivity index (χ2v) is 6.69. The molecule has 0 saturated carbocycles. The summed E-state index contributed by atoms with van der Waals surface area (Å²) in [4.78, 5) is 12.5. The molecule has 22 heavy (non-hydrogen) atoms. The lowest BCUT2D eigenvalue weighted by molar-refractivity contribution is 0.0920. The molecule has 2 N–H and O–H groups in total. The molecule has 0 spiro atoms. The summed E-state index contributed by atoms with van der Waals surface area (Å²) in [6.45, 7) is 10.1. The normalized spacial score (nSPS) is 11.1. The Morgan fingerprint density at radius 3 is 2.27 bits per heavy atom. The van der Waals surface area contributed by atoms with Gasteiger partial charge in [-0.05, 0) is 58.4 Å². The van der Waals surface area contributed by atoms with Crippen LogP contribution < -0.4 is 10.6 Å². The Kier molecular flexibility index (Phi) is 4.55.